The molecule has 0 aliphatic carbocycles. The van der Waals surface area contributed by atoms with Crippen LogP contribution in [0.4, 0.5) is 17.6 Å². The van der Waals surface area contributed by atoms with E-state index in [1.807, 2.05) is 30.3 Å². The van der Waals surface area contributed by atoms with Crippen LogP contribution in [0, 0.1) is 0 Å². The number of thioether (sulfide) groups is 1. The largest absolute Gasteiger partial charge is 0.368 e. The Morgan fingerprint density at radius 3 is 2.78 bits per heavy atom. The van der Waals surface area contributed by atoms with E-state index in [0.29, 0.717) is 29.8 Å². The number of amides is 1. The molecular formula is C15H18N6OS. The van der Waals surface area contributed by atoms with Gasteiger partial charge >= 0.3 is 0 Å². The van der Waals surface area contributed by atoms with Crippen LogP contribution in [-0.2, 0) is 10.5 Å². The molecule has 2 aromatic rings. The van der Waals surface area contributed by atoms with Gasteiger partial charge in [-0.15, -0.1) is 18.3 Å². The molecule has 0 fully saturated rings. The molecule has 7 nitrogen and oxygen atoms in total. The molecule has 8 heteroatoms. The lowest BCUT2D eigenvalue weighted by atomic mass is 10.3. The lowest BCUT2D eigenvalue weighted by Gasteiger charge is -2.07. The van der Waals surface area contributed by atoms with Crippen LogP contribution < -0.4 is 16.4 Å². The number of hydrogen-bond donors (Lipinski definition) is 3. The normalized spacial score (nSPS) is 10.1. The molecule has 0 aliphatic rings. The fourth-order valence-corrected chi connectivity index (χ4v) is 2.38. The monoisotopic (exact) mass is 330 g/mol. The van der Waals surface area contributed by atoms with Crippen LogP contribution in [0.15, 0.2) is 43.0 Å². The minimum Gasteiger partial charge on any atom is -0.368 e. The van der Waals surface area contributed by atoms with Gasteiger partial charge in [-0.25, -0.2) is 0 Å². The summed E-state index contributed by atoms with van der Waals surface area (Å²) in [5, 5.41) is 5.78. The van der Waals surface area contributed by atoms with Crippen LogP contribution in [0.2, 0.25) is 0 Å². The van der Waals surface area contributed by atoms with Crippen LogP contribution >= 0.6 is 11.8 Å². The molecule has 0 atom stereocenters. The highest BCUT2D eigenvalue weighted by molar-refractivity contribution is 7.99. The summed E-state index contributed by atoms with van der Waals surface area (Å²) in [5.41, 5.74) is 6.57. The van der Waals surface area contributed by atoms with Crippen molar-refractivity contribution in [1.82, 2.24) is 20.3 Å². The minimum absolute atomic E-state index is 0.0560. The van der Waals surface area contributed by atoms with Crippen molar-refractivity contribution in [3.63, 3.8) is 0 Å². The smallest absolute Gasteiger partial charge is 0.232 e. The van der Waals surface area contributed by atoms with Crippen LogP contribution in [0.1, 0.15) is 5.82 Å². The molecule has 0 aliphatic heterocycles. The first-order valence-electron chi connectivity index (χ1n) is 6.95. The summed E-state index contributed by atoms with van der Waals surface area (Å²) >= 11 is 1.41. The number of carbonyl (C=O) groups is 1. The molecule has 1 aromatic carbocycles. The zero-order valence-corrected chi connectivity index (χ0v) is 13.3. The van der Waals surface area contributed by atoms with Gasteiger partial charge in [-0.05, 0) is 12.1 Å². The van der Waals surface area contributed by atoms with Crippen molar-refractivity contribution < 1.29 is 4.79 Å². The fourth-order valence-electron chi connectivity index (χ4n) is 1.68. The average Bonchev–Trinajstić information content (AvgIpc) is 2.53. The first-order valence-corrected chi connectivity index (χ1v) is 8.10. The van der Waals surface area contributed by atoms with Crippen LogP contribution in [0.25, 0.3) is 0 Å². The van der Waals surface area contributed by atoms with E-state index in [0.717, 1.165) is 5.69 Å². The number of aromatic nitrogens is 3. The van der Waals surface area contributed by atoms with Gasteiger partial charge in [0, 0.05) is 12.2 Å². The third-order valence-corrected chi connectivity index (χ3v) is 3.57. The van der Waals surface area contributed by atoms with Gasteiger partial charge in [0.05, 0.1) is 11.5 Å². The molecule has 0 spiro atoms. The summed E-state index contributed by atoms with van der Waals surface area (Å²) in [7, 11) is 0. The van der Waals surface area contributed by atoms with E-state index in [1.54, 1.807) is 6.08 Å². The number of rotatable bonds is 8. The minimum atomic E-state index is -0.0560. The van der Waals surface area contributed by atoms with Crippen molar-refractivity contribution in [2.45, 2.75) is 5.75 Å². The van der Waals surface area contributed by atoms with Gasteiger partial charge in [0.25, 0.3) is 0 Å². The second-order valence-corrected chi connectivity index (χ2v) is 5.50. The number of nitrogens with two attached hydrogens (primary N) is 1. The van der Waals surface area contributed by atoms with E-state index in [9.17, 15) is 4.79 Å². The average molecular weight is 330 g/mol. The topological polar surface area (TPSA) is 106 Å². The van der Waals surface area contributed by atoms with Gasteiger partial charge in [-0.1, -0.05) is 24.3 Å². The SMILES string of the molecule is C=CCNC(=O)CSCc1nc(N)nc(Nc2ccccc2)n1. The van der Waals surface area contributed by atoms with Crippen molar-refractivity contribution in [2.24, 2.45) is 0 Å². The van der Waals surface area contributed by atoms with Gasteiger partial charge < -0.3 is 16.4 Å². The summed E-state index contributed by atoms with van der Waals surface area (Å²) in [5.74, 6) is 1.79. The van der Waals surface area contributed by atoms with Crippen molar-refractivity contribution in [2.75, 3.05) is 23.3 Å². The maximum atomic E-state index is 11.5. The molecular weight excluding hydrogens is 312 g/mol. The van der Waals surface area contributed by atoms with Crippen molar-refractivity contribution in [3.05, 3.63) is 48.8 Å². The van der Waals surface area contributed by atoms with Gasteiger partial charge in [0.2, 0.25) is 17.8 Å². The molecule has 120 valence electrons. The zero-order valence-electron chi connectivity index (χ0n) is 12.5. The van der Waals surface area contributed by atoms with Gasteiger partial charge in [0.1, 0.15) is 5.82 Å². The third-order valence-electron chi connectivity index (χ3n) is 2.64. The number of benzene rings is 1. The van der Waals surface area contributed by atoms with E-state index in [2.05, 4.69) is 32.2 Å². The van der Waals surface area contributed by atoms with Crippen molar-refractivity contribution in [1.29, 1.82) is 0 Å². The van der Waals surface area contributed by atoms with Crippen LogP contribution in [-0.4, -0.2) is 33.2 Å². The first kappa shape index (κ1) is 16.8. The number of anilines is 3. The van der Waals surface area contributed by atoms with Crippen LogP contribution in [0.3, 0.4) is 0 Å². The number of nitrogens with one attached hydrogen (secondary N) is 2. The third kappa shape index (κ3) is 5.95. The van der Waals surface area contributed by atoms with Crippen molar-refractivity contribution in [3.8, 4) is 0 Å². The Labute approximate surface area is 138 Å². The van der Waals surface area contributed by atoms with Gasteiger partial charge in [0.15, 0.2) is 0 Å². The molecule has 0 radical (unpaired) electrons. The highest BCUT2D eigenvalue weighted by Gasteiger charge is 2.07. The highest BCUT2D eigenvalue weighted by Crippen LogP contribution is 2.15. The number of carbonyl (C=O) groups excluding carboxylic acids is 1. The van der Waals surface area contributed by atoms with E-state index in [1.165, 1.54) is 11.8 Å². The van der Waals surface area contributed by atoms with E-state index in [-0.39, 0.29) is 11.9 Å². The highest BCUT2D eigenvalue weighted by atomic mass is 32.2. The van der Waals surface area contributed by atoms with E-state index in [4.69, 9.17) is 5.73 Å². The Morgan fingerprint density at radius 2 is 2.04 bits per heavy atom. The van der Waals surface area contributed by atoms with Gasteiger partial charge in [-0.2, -0.15) is 15.0 Å². The van der Waals surface area contributed by atoms with Crippen LogP contribution in [0.5, 0.6) is 0 Å². The molecule has 0 saturated heterocycles. The summed E-state index contributed by atoms with van der Waals surface area (Å²) in [6.45, 7) is 4.01. The lowest BCUT2D eigenvalue weighted by molar-refractivity contribution is -0.118. The van der Waals surface area contributed by atoms with E-state index >= 15 is 0 Å². The zero-order chi connectivity index (χ0) is 16.5. The Morgan fingerprint density at radius 1 is 1.26 bits per heavy atom. The maximum Gasteiger partial charge on any atom is 0.232 e. The molecule has 2 rings (SSSR count). The van der Waals surface area contributed by atoms with Gasteiger partial charge in [-0.3, -0.25) is 4.79 Å². The molecule has 1 heterocycles. The maximum absolute atomic E-state index is 11.5. The summed E-state index contributed by atoms with van der Waals surface area (Å²) in [6, 6.07) is 9.54. The number of nitrogens with zero attached hydrogens (tertiary/aromatic N) is 3. The quantitative estimate of drug-likeness (QED) is 0.633. The Kier molecular flexibility index (Phi) is 6.37. The second-order valence-electron chi connectivity index (χ2n) is 4.51. The number of para-hydroxylation sites is 1. The molecule has 0 bridgehead atoms. The molecule has 1 aromatic heterocycles. The Balaban J connectivity index is 1.92. The summed E-state index contributed by atoms with van der Waals surface area (Å²) in [6.07, 6.45) is 1.64. The lowest BCUT2D eigenvalue weighted by Crippen LogP contribution is -2.25. The molecule has 1 amide bonds. The Bertz CT molecular complexity index is 664. The number of hydrogen-bond acceptors (Lipinski definition) is 7. The number of nitrogen functional groups attached to an aromatic ring is 1. The molecule has 0 saturated carbocycles. The molecule has 0 unspecified atom stereocenters. The molecule has 23 heavy (non-hydrogen) atoms. The molecule has 4 N–H and O–H groups in total. The first-order chi connectivity index (χ1) is 11.2. The van der Waals surface area contributed by atoms with Crippen molar-refractivity contribution >= 4 is 35.3 Å². The second kappa shape index (κ2) is 8.74. The summed E-state index contributed by atoms with van der Waals surface area (Å²) in [4.78, 5) is 23.9. The standard InChI is InChI=1S/C15H18N6OS/c1-2-8-17-13(22)10-23-9-12-19-14(16)21-15(20-12)18-11-6-4-3-5-7-11/h2-7H,1,8-10H2,(H,17,22)(H3,16,18,19,20,21). The fraction of sp³-hybridized carbons (Fsp3) is 0.200. The predicted molar refractivity (Wildman–Crippen MR) is 93.3 cm³/mol. The van der Waals surface area contributed by atoms with E-state index < -0.39 is 0 Å². The summed E-state index contributed by atoms with van der Waals surface area (Å²) < 4.78 is 0. The predicted octanol–water partition coefficient (Wildman–Crippen LogP) is 1.73. The Hall–Kier alpha value is -2.61.